The van der Waals surface area contributed by atoms with E-state index in [1.807, 2.05) is 42.5 Å². The smallest absolute Gasteiger partial charge is 0.251 e. The molecule has 1 aromatic heterocycles. The molecular weight excluding hydrogens is 348 g/mol. The second-order valence-electron chi connectivity index (χ2n) is 6.22. The summed E-state index contributed by atoms with van der Waals surface area (Å²) in [5.41, 5.74) is 3.24. The number of nitrogens with one attached hydrogen (secondary N) is 2. The zero-order valence-corrected chi connectivity index (χ0v) is 14.7. The second-order valence-corrected chi connectivity index (χ2v) is 6.66. The second kappa shape index (κ2) is 7.14. The lowest BCUT2D eigenvalue weighted by molar-refractivity contribution is 0.0951. The molecule has 0 saturated heterocycles. The molecular formula is C20H17ClN4O. The van der Waals surface area contributed by atoms with Crippen LogP contribution in [0.25, 0.3) is 11.3 Å². The number of amides is 1. The highest BCUT2D eigenvalue weighted by Gasteiger charge is 2.23. The van der Waals surface area contributed by atoms with Crippen molar-refractivity contribution in [3.63, 3.8) is 0 Å². The van der Waals surface area contributed by atoms with Crippen molar-refractivity contribution in [1.29, 1.82) is 0 Å². The number of anilines is 2. The van der Waals surface area contributed by atoms with Gasteiger partial charge in [-0.3, -0.25) is 4.79 Å². The zero-order chi connectivity index (χ0) is 17.9. The van der Waals surface area contributed by atoms with Gasteiger partial charge in [0.05, 0.1) is 5.69 Å². The highest BCUT2D eigenvalue weighted by molar-refractivity contribution is 6.30. The van der Waals surface area contributed by atoms with Crippen LogP contribution < -0.4 is 10.6 Å². The Labute approximate surface area is 156 Å². The Morgan fingerprint density at radius 2 is 1.73 bits per heavy atom. The van der Waals surface area contributed by atoms with Crippen molar-refractivity contribution in [1.82, 2.24) is 15.3 Å². The quantitative estimate of drug-likeness (QED) is 0.702. The van der Waals surface area contributed by atoms with Gasteiger partial charge in [0, 0.05) is 34.1 Å². The van der Waals surface area contributed by atoms with Crippen molar-refractivity contribution in [2.24, 2.45) is 0 Å². The Kier molecular flexibility index (Phi) is 4.54. The van der Waals surface area contributed by atoms with Gasteiger partial charge in [0.15, 0.2) is 0 Å². The number of hydrogen-bond donors (Lipinski definition) is 2. The van der Waals surface area contributed by atoms with E-state index in [0.29, 0.717) is 22.6 Å². The molecule has 1 heterocycles. The predicted octanol–water partition coefficient (Wildman–Crippen LogP) is 4.43. The molecule has 1 amide bonds. The van der Waals surface area contributed by atoms with Gasteiger partial charge in [-0.05, 0) is 55.3 Å². The maximum atomic E-state index is 12.0. The van der Waals surface area contributed by atoms with E-state index < -0.39 is 0 Å². The zero-order valence-electron chi connectivity index (χ0n) is 13.9. The van der Waals surface area contributed by atoms with E-state index in [2.05, 4.69) is 20.6 Å². The number of nitrogens with zero attached hydrogens (tertiary/aromatic N) is 2. The van der Waals surface area contributed by atoms with Gasteiger partial charge in [-0.2, -0.15) is 0 Å². The number of aromatic nitrogens is 2. The largest absolute Gasteiger partial charge is 0.349 e. The van der Waals surface area contributed by atoms with Crippen LogP contribution in [0.15, 0.2) is 60.8 Å². The average Bonchev–Trinajstić information content (AvgIpc) is 3.47. The monoisotopic (exact) mass is 364 g/mol. The fourth-order valence-corrected chi connectivity index (χ4v) is 2.66. The number of rotatable bonds is 5. The lowest BCUT2D eigenvalue weighted by atomic mass is 10.1. The van der Waals surface area contributed by atoms with Gasteiger partial charge in [0.1, 0.15) is 0 Å². The summed E-state index contributed by atoms with van der Waals surface area (Å²) in [6.07, 6.45) is 3.86. The van der Waals surface area contributed by atoms with Crippen LogP contribution in [0.4, 0.5) is 11.6 Å². The van der Waals surface area contributed by atoms with Crippen molar-refractivity contribution < 1.29 is 4.79 Å². The lowest BCUT2D eigenvalue weighted by Crippen LogP contribution is -2.25. The molecule has 4 rings (SSSR count). The van der Waals surface area contributed by atoms with E-state index in [1.54, 1.807) is 18.3 Å². The maximum absolute atomic E-state index is 12.0. The Morgan fingerprint density at radius 1 is 1.00 bits per heavy atom. The Morgan fingerprint density at radius 3 is 2.42 bits per heavy atom. The molecule has 130 valence electrons. The molecule has 1 aliphatic carbocycles. The summed E-state index contributed by atoms with van der Waals surface area (Å²) < 4.78 is 0. The van der Waals surface area contributed by atoms with Crippen LogP contribution in [-0.2, 0) is 0 Å². The molecule has 2 N–H and O–H groups in total. The first-order chi connectivity index (χ1) is 12.7. The molecule has 2 aromatic carbocycles. The van der Waals surface area contributed by atoms with Crippen molar-refractivity contribution in [2.45, 2.75) is 18.9 Å². The summed E-state index contributed by atoms with van der Waals surface area (Å²) in [6.45, 7) is 0. The average molecular weight is 365 g/mol. The van der Waals surface area contributed by atoms with Gasteiger partial charge < -0.3 is 10.6 Å². The van der Waals surface area contributed by atoms with E-state index >= 15 is 0 Å². The summed E-state index contributed by atoms with van der Waals surface area (Å²) in [5, 5.41) is 6.83. The van der Waals surface area contributed by atoms with Crippen molar-refractivity contribution in [2.75, 3.05) is 5.32 Å². The van der Waals surface area contributed by atoms with E-state index in [-0.39, 0.29) is 5.91 Å². The SMILES string of the molecule is O=C(NC1CC1)c1ccc(Nc2nccc(-c3ccc(Cl)cc3)n2)cc1. The Bertz CT molecular complexity index is 921. The molecule has 1 fully saturated rings. The number of hydrogen-bond acceptors (Lipinski definition) is 4. The molecule has 6 heteroatoms. The molecule has 0 atom stereocenters. The summed E-state index contributed by atoms with van der Waals surface area (Å²) in [7, 11) is 0. The number of benzene rings is 2. The Hall–Kier alpha value is -2.92. The Balaban J connectivity index is 1.47. The lowest BCUT2D eigenvalue weighted by Gasteiger charge is -2.08. The molecule has 1 saturated carbocycles. The molecule has 0 aliphatic heterocycles. The predicted molar refractivity (Wildman–Crippen MR) is 103 cm³/mol. The number of halogens is 1. The van der Waals surface area contributed by atoms with Gasteiger partial charge in [-0.15, -0.1) is 0 Å². The minimum absolute atomic E-state index is 0.0277. The maximum Gasteiger partial charge on any atom is 0.251 e. The van der Waals surface area contributed by atoms with Gasteiger partial charge in [0.25, 0.3) is 5.91 Å². The summed E-state index contributed by atoms with van der Waals surface area (Å²) in [6, 6.07) is 17.0. The summed E-state index contributed by atoms with van der Waals surface area (Å²) >= 11 is 5.93. The first-order valence-electron chi connectivity index (χ1n) is 8.44. The van der Waals surface area contributed by atoms with Crippen LogP contribution >= 0.6 is 11.6 Å². The molecule has 0 bridgehead atoms. The van der Waals surface area contributed by atoms with Gasteiger partial charge in [0.2, 0.25) is 5.95 Å². The highest BCUT2D eigenvalue weighted by atomic mass is 35.5. The molecule has 5 nitrogen and oxygen atoms in total. The van der Waals surface area contributed by atoms with E-state index in [1.165, 1.54) is 0 Å². The third-order valence-corrected chi connectivity index (χ3v) is 4.36. The summed E-state index contributed by atoms with van der Waals surface area (Å²) in [4.78, 5) is 20.8. The minimum Gasteiger partial charge on any atom is -0.349 e. The van der Waals surface area contributed by atoms with Crippen molar-refractivity contribution in [3.05, 3.63) is 71.4 Å². The van der Waals surface area contributed by atoms with Crippen LogP contribution in [0.2, 0.25) is 5.02 Å². The van der Waals surface area contributed by atoms with Gasteiger partial charge >= 0.3 is 0 Å². The van der Waals surface area contributed by atoms with E-state index in [0.717, 1.165) is 29.8 Å². The number of carbonyl (C=O) groups is 1. The standard InChI is InChI=1S/C20H17ClN4O/c21-15-5-1-13(2-6-15)18-11-12-22-20(25-18)24-17-7-3-14(4-8-17)19(26)23-16-9-10-16/h1-8,11-12,16H,9-10H2,(H,23,26)(H,22,24,25). The van der Waals surface area contributed by atoms with E-state index in [9.17, 15) is 4.79 Å². The molecule has 26 heavy (non-hydrogen) atoms. The van der Waals surface area contributed by atoms with Crippen LogP contribution in [0.3, 0.4) is 0 Å². The fraction of sp³-hybridized carbons (Fsp3) is 0.150. The summed E-state index contributed by atoms with van der Waals surface area (Å²) in [5.74, 6) is 0.465. The van der Waals surface area contributed by atoms with Gasteiger partial charge in [-0.25, -0.2) is 9.97 Å². The van der Waals surface area contributed by atoms with Crippen molar-refractivity contribution in [3.8, 4) is 11.3 Å². The third kappa shape index (κ3) is 4.00. The van der Waals surface area contributed by atoms with E-state index in [4.69, 9.17) is 11.6 Å². The van der Waals surface area contributed by atoms with Crippen LogP contribution in [-0.4, -0.2) is 21.9 Å². The first-order valence-corrected chi connectivity index (χ1v) is 8.82. The van der Waals surface area contributed by atoms with Gasteiger partial charge in [-0.1, -0.05) is 23.7 Å². The van der Waals surface area contributed by atoms with Crippen molar-refractivity contribution >= 4 is 29.1 Å². The molecule has 0 unspecified atom stereocenters. The van der Waals surface area contributed by atoms with Crippen LogP contribution in [0, 0.1) is 0 Å². The van der Waals surface area contributed by atoms with Crippen LogP contribution in [0.5, 0.6) is 0 Å². The molecule has 1 aliphatic rings. The number of carbonyl (C=O) groups excluding carboxylic acids is 1. The normalized spacial score (nSPS) is 13.3. The van der Waals surface area contributed by atoms with Crippen LogP contribution in [0.1, 0.15) is 23.2 Å². The molecule has 0 radical (unpaired) electrons. The third-order valence-electron chi connectivity index (χ3n) is 4.11. The highest BCUT2D eigenvalue weighted by Crippen LogP contribution is 2.22. The molecule has 3 aromatic rings. The minimum atomic E-state index is -0.0277. The first kappa shape index (κ1) is 16.5. The fourth-order valence-electron chi connectivity index (χ4n) is 2.53. The molecule has 0 spiro atoms. The topological polar surface area (TPSA) is 66.9 Å².